The highest BCUT2D eigenvalue weighted by Crippen LogP contribution is 2.27. The Morgan fingerprint density at radius 2 is 1.97 bits per heavy atom. The first-order valence-corrected chi connectivity index (χ1v) is 12.8. The van der Waals surface area contributed by atoms with Crippen molar-refractivity contribution in [3.63, 3.8) is 0 Å². The number of nitrogens with zero attached hydrogens (tertiary/aromatic N) is 2. The predicted octanol–water partition coefficient (Wildman–Crippen LogP) is 3.24. The first-order chi connectivity index (χ1) is 15.1. The number of aryl methyl sites for hydroxylation is 1. The minimum absolute atomic E-state index is 0.206. The summed E-state index contributed by atoms with van der Waals surface area (Å²) >= 11 is 1.95. The fraction of sp³-hybridized carbons (Fsp3) is 0.667. The third-order valence-corrected chi connectivity index (χ3v) is 7.17. The quantitative estimate of drug-likeness (QED) is 0.497. The van der Waals surface area contributed by atoms with Crippen LogP contribution in [0.25, 0.3) is 0 Å². The molecule has 0 radical (unpaired) electrons. The fourth-order valence-electron chi connectivity index (χ4n) is 4.36. The SMILES string of the molecule is CCNC(=NCCc1ccc(C)c(OC)c1)NC1CCC(C(=O)N2CCSCC2)CC1. The van der Waals surface area contributed by atoms with Gasteiger partial charge in [0.25, 0.3) is 0 Å². The lowest BCUT2D eigenvalue weighted by molar-refractivity contribution is -0.136. The average Bonchev–Trinajstić information content (AvgIpc) is 2.81. The van der Waals surface area contributed by atoms with Gasteiger partial charge in [0.2, 0.25) is 5.91 Å². The van der Waals surface area contributed by atoms with Crippen LogP contribution in [0.3, 0.4) is 0 Å². The smallest absolute Gasteiger partial charge is 0.225 e. The van der Waals surface area contributed by atoms with Crippen LogP contribution in [0.15, 0.2) is 23.2 Å². The first-order valence-electron chi connectivity index (χ1n) is 11.7. The molecule has 1 saturated carbocycles. The van der Waals surface area contributed by atoms with E-state index in [-0.39, 0.29) is 5.92 Å². The van der Waals surface area contributed by atoms with Gasteiger partial charge in [-0.15, -0.1) is 0 Å². The van der Waals surface area contributed by atoms with Gasteiger partial charge in [0.05, 0.1) is 7.11 Å². The van der Waals surface area contributed by atoms with Crippen LogP contribution in [0.2, 0.25) is 0 Å². The van der Waals surface area contributed by atoms with Crippen molar-refractivity contribution in [3.8, 4) is 5.75 Å². The lowest BCUT2D eigenvalue weighted by Gasteiger charge is -2.34. The molecule has 0 bridgehead atoms. The molecule has 2 aliphatic rings. The van der Waals surface area contributed by atoms with Gasteiger partial charge in [0.15, 0.2) is 5.96 Å². The van der Waals surface area contributed by atoms with Crippen LogP contribution in [0, 0.1) is 12.8 Å². The molecule has 0 atom stereocenters. The molecule has 172 valence electrons. The third kappa shape index (κ3) is 7.06. The van der Waals surface area contributed by atoms with Crippen molar-refractivity contribution in [3.05, 3.63) is 29.3 Å². The van der Waals surface area contributed by atoms with Gasteiger partial charge in [-0.2, -0.15) is 11.8 Å². The van der Waals surface area contributed by atoms with Crippen LogP contribution < -0.4 is 15.4 Å². The molecule has 1 aliphatic heterocycles. The van der Waals surface area contributed by atoms with Crippen molar-refractivity contribution in [2.45, 2.75) is 52.0 Å². The molecule has 0 spiro atoms. The van der Waals surface area contributed by atoms with Crippen LogP contribution in [0.5, 0.6) is 5.75 Å². The second kappa shape index (κ2) is 12.2. The van der Waals surface area contributed by atoms with Crippen LogP contribution >= 0.6 is 11.8 Å². The fourth-order valence-corrected chi connectivity index (χ4v) is 5.26. The predicted molar refractivity (Wildman–Crippen MR) is 130 cm³/mol. The summed E-state index contributed by atoms with van der Waals surface area (Å²) in [5.41, 5.74) is 2.38. The van der Waals surface area contributed by atoms with Crippen molar-refractivity contribution < 1.29 is 9.53 Å². The molecule has 31 heavy (non-hydrogen) atoms. The highest BCUT2D eigenvalue weighted by Gasteiger charge is 2.30. The Kier molecular flexibility index (Phi) is 9.37. The molecule has 1 heterocycles. The Bertz CT molecular complexity index is 741. The molecule has 1 aromatic carbocycles. The number of rotatable bonds is 7. The number of hydrogen-bond acceptors (Lipinski definition) is 4. The van der Waals surface area contributed by atoms with E-state index in [0.717, 1.165) is 87.1 Å². The molecular formula is C24H38N4O2S. The Morgan fingerprint density at radius 3 is 2.65 bits per heavy atom. The summed E-state index contributed by atoms with van der Waals surface area (Å²) in [5, 5.41) is 6.97. The number of methoxy groups -OCH3 is 1. The minimum atomic E-state index is 0.206. The summed E-state index contributed by atoms with van der Waals surface area (Å²) in [4.78, 5) is 19.6. The van der Waals surface area contributed by atoms with E-state index in [4.69, 9.17) is 9.73 Å². The number of carbonyl (C=O) groups is 1. The highest BCUT2D eigenvalue weighted by atomic mass is 32.2. The van der Waals surface area contributed by atoms with Crippen LogP contribution in [0.4, 0.5) is 0 Å². The Labute approximate surface area is 191 Å². The first kappa shape index (κ1) is 23.8. The number of guanidine groups is 1. The van der Waals surface area contributed by atoms with E-state index in [1.165, 1.54) is 5.56 Å². The summed E-state index contributed by atoms with van der Waals surface area (Å²) in [6, 6.07) is 6.74. The molecule has 1 amide bonds. The molecule has 3 rings (SSSR count). The summed E-state index contributed by atoms with van der Waals surface area (Å²) in [7, 11) is 1.71. The summed E-state index contributed by atoms with van der Waals surface area (Å²) in [6.07, 6.45) is 4.88. The van der Waals surface area contributed by atoms with Gasteiger partial charge < -0.3 is 20.3 Å². The van der Waals surface area contributed by atoms with Gasteiger partial charge >= 0.3 is 0 Å². The maximum absolute atomic E-state index is 12.8. The van der Waals surface area contributed by atoms with Crippen molar-refractivity contribution in [2.75, 3.05) is 44.8 Å². The van der Waals surface area contributed by atoms with Gasteiger partial charge in [-0.05, 0) is 63.1 Å². The molecule has 1 aromatic rings. The van der Waals surface area contributed by atoms with E-state index in [0.29, 0.717) is 11.9 Å². The molecule has 2 N–H and O–H groups in total. The average molecular weight is 447 g/mol. The van der Waals surface area contributed by atoms with Crippen molar-refractivity contribution in [1.29, 1.82) is 0 Å². The van der Waals surface area contributed by atoms with Crippen LogP contribution in [-0.4, -0.2) is 67.6 Å². The van der Waals surface area contributed by atoms with E-state index < -0.39 is 0 Å². The van der Waals surface area contributed by atoms with Gasteiger partial charge in [0, 0.05) is 49.6 Å². The zero-order chi connectivity index (χ0) is 22.1. The van der Waals surface area contributed by atoms with Gasteiger partial charge in [-0.25, -0.2) is 0 Å². The topological polar surface area (TPSA) is 66.0 Å². The second-order valence-electron chi connectivity index (χ2n) is 8.45. The molecule has 1 aliphatic carbocycles. The Morgan fingerprint density at radius 1 is 1.23 bits per heavy atom. The Balaban J connectivity index is 1.47. The molecular weight excluding hydrogens is 408 g/mol. The van der Waals surface area contributed by atoms with Crippen LogP contribution in [-0.2, 0) is 11.2 Å². The molecule has 7 heteroatoms. The van der Waals surface area contributed by atoms with Crippen molar-refractivity contribution in [2.24, 2.45) is 10.9 Å². The number of amides is 1. The van der Waals surface area contributed by atoms with Gasteiger partial charge in [-0.1, -0.05) is 12.1 Å². The Hall–Kier alpha value is -1.89. The maximum Gasteiger partial charge on any atom is 0.225 e. The lowest BCUT2D eigenvalue weighted by Crippen LogP contribution is -2.47. The minimum Gasteiger partial charge on any atom is -0.496 e. The third-order valence-electron chi connectivity index (χ3n) is 6.23. The standard InChI is InChI=1S/C24H38N4O2S/c1-4-25-24(26-12-11-19-6-5-18(2)22(17-19)30-3)27-21-9-7-20(8-10-21)23(29)28-13-15-31-16-14-28/h5-6,17,20-21H,4,7-16H2,1-3H3,(H2,25,26,27). The van der Waals surface area contributed by atoms with Crippen LogP contribution in [0.1, 0.15) is 43.7 Å². The number of thioether (sulfide) groups is 1. The molecule has 0 aromatic heterocycles. The van der Waals surface area contributed by atoms with Gasteiger partial charge in [0.1, 0.15) is 5.75 Å². The zero-order valence-electron chi connectivity index (χ0n) is 19.3. The number of hydrogen-bond donors (Lipinski definition) is 2. The summed E-state index contributed by atoms with van der Waals surface area (Å²) < 4.78 is 5.43. The van der Waals surface area contributed by atoms with E-state index in [2.05, 4.69) is 47.6 Å². The second-order valence-corrected chi connectivity index (χ2v) is 9.67. The molecule has 6 nitrogen and oxygen atoms in total. The maximum atomic E-state index is 12.8. The van der Waals surface area contributed by atoms with E-state index in [1.54, 1.807) is 7.11 Å². The number of ether oxygens (including phenoxy) is 1. The molecule has 1 saturated heterocycles. The summed E-state index contributed by atoms with van der Waals surface area (Å²) in [5.74, 6) is 4.57. The van der Waals surface area contributed by atoms with E-state index in [9.17, 15) is 4.79 Å². The normalized spacial score (nSPS) is 22.2. The monoisotopic (exact) mass is 446 g/mol. The lowest BCUT2D eigenvalue weighted by atomic mass is 9.85. The van der Waals surface area contributed by atoms with E-state index in [1.807, 2.05) is 11.8 Å². The van der Waals surface area contributed by atoms with Crippen molar-refractivity contribution in [1.82, 2.24) is 15.5 Å². The van der Waals surface area contributed by atoms with Gasteiger partial charge in [-0.3, -0.25) is 9.79 Å². The number of carbonyl (C=O) groups excluding carboxylic acids is 1. The van der Waals surface area contributed by atoms with Crippen molar-refractivity contribution >= 4 is 23.6 Å². The highest BCUT2D eigenvalue weighted by molar-refractivity contribution is 7.99. The number of benzene rings is 1. The molecule has 0 unspecified atom stereocenters. The van der Waals surface area contributed by atoms with E-state index >= 15 is 0 Å². The molecule has 2 fully saturated rings. The largest absolute Gasteiger partial charge is 0.496 e. The number of nitrogens with one attached hydrogen (secondary N) is 2. The zero-order valence-corrected chi connectivity index (χ0v) is 20.1. The number of aliphatic imine (C=N–C) groups is 1. The summed E-state index contributed by atoms with van der Waals surface area (Å²) in [6.45, 7) is 7.56.